The van der Waals surface area contributed by atoms with Gasteiger partial charge < -0.3 is 15.1 Å². The monoisotopic (exact) mass is 712 g/mol. The molecular weight excluding hydrogens is 668 g/mol. The van der Waals surface area contributed by atoms with Gasteiger partial charge in [-0.3, -0.25) is 10.1 Å². The van der Waals surface area contributed by atoms with E-state index in [0.717, 1.165) is 78.8 Å². The Morgan fingerprint density at radius 3 is 2.27 bits per heavy atom. The van der Waals surface area contributed by atoms with Gasteiger partial charge in [-0.2, -0.15) is 5.10 Å². The summed E-state index contributed by atoms with van der Waals surface area (Å²) in [4.78, 5) is 39.6. The number of carbonyl (C=O) groups excluding carboxylic acids is 2. The highest BCUT2D eigenvalue weighted by atomic mass is 79.9. The van der Waals surface area contributed by atoms with Gasteiger partial charge in [0, 0.05) is 55.7 Å². The van der Waals surface area contributed by atoms with Crippen molar-refractivity contribution in [1.29, 1.82) is 0 Å². The molecule has 10 nitrogen and oxygen atoms in total. The van der Waals surface area contributed by atoms with Crippen LogP contribution in [0.1, 0.15) is 63.3 Å². The molecule has 2 aliphatic rings. The Kier molecular flexibility index (Phi) is 10.1. The van der Waals surface area contributed by atoms with E-state index in [0.29, 0.717) is 24.2 Å². The summed E-state index contributed by atoms with van der Waals surface area (Å²) in [5, 5.41) is 10.8. The number of likely N-dealkylation sites (tertiary alicyclic amines) is 1. The third kappa shape index (κ3) is 8.24. The van der Waals surface area contributed by atoms with E-state index in [1.807, 2.05) is 49.4 Å². The summed E-state index contributed by atoms with van der Waals surface area (Å²) in [7, 11) is 0. The van der Waals surface area contributed by atoms with Crippen molar-refractivity contribution >= 4 is 45.3 Å². The molecule has 0 bridgehead atoms. The van der Waals surface area contributed by atoms with Crippen LogP contribution in [0.2, 0.25) is 0 Å². The van der Waals surface area contributed by atoms with Crippen molar-refractivity contribution in [1.82, 2.24) is 24.6 Å². The lowest BCUT2D eigenvalue weighted by Gasteiger charge is -2.38. The number of aryl methyl sites for hydroxylation is 1. The molecule has 1 unspecified atom stereocenters. The normalized spacial score (nSPS) is 17.3. The average molecular weight is 714 g/mol. The first kappa shape index (κ1) is 33.6. The molecule has 6 rings (SSSR count). The maximum absolute atomic E-state index is 13.4. The largest absolute Gasteiger partial charge is 0.342 e. The van der Waals surface area contributed by atoms with Gasteiger partial charge >= 0.3 is 6.03 Å². The third-order valence-electron chi connectivity index (χ3n) is 9.32. The molecule has 2 saturated heterocycles. The fourth-order valence-electron chi connectivity index (χ4n) is 6.50. The molecule has 252 valence electrons. The molecule has 2 fully saturated rings. The number of carbonyl (C=O) groups is 2. The third-order valence-corrected chi connectivity index (χ3v) is 9.73. The Balaban J connectivity index is 0.992. The molecule has 1 atom stereocenters. The second kappa shape index (κ2) is 14.5. The molecule has 0 saturated carbocycles. The number of halogens is 1. The standard InChI is InChI=1S/C37H45BrN8O2/c1-25-7-13-31(14-8-25)46-33(21-32(43-46)37(2,3)4)42-36(48)41-30-11-9-26(10-12-30)20-27-15-18-44(19-16-27)34(47)28-6-5-17-45(24-28)35-39-22-29(38)23-40-35/h7-14,21-23,27-28H,5-6,15-20,24H2,1-4H3,(H2,41,42,48). The highest BCUT2D eigenvalue weighted by molar-refractivity contribution is 9.10. The second-order valence-electron chi connectivity index (χ2n) is 14.1. The minimum Gasteiger partial charge on any atom is -0.342 e. The van der Waals surface area contributed by atoms with E-state index in [-0.39, 0.29) is 23.3 Å². The summed E-state index contributed by atoms with van der Waals surface area (Å²) in [6.45, 7) is 11.5. The van der Waals surface area contributed by atoms with E-state index in [1.54, 1.807) is 17.1 Å². The number of anilines is 3. The molecule has 0 spiro atoms. The molecule has 2 aromatic carbocycles. The minimum atomic E-state index is -0.320. The van der Waals surface area contributed by atoms with Gasteiger partial charge in [-0.1, -0.05) is 50.6 Å². The van der Waals surface area contributed by atoms with Crippen LogP contribution in [0.5, 0.6) is 0 Å². The van der Waals surface area contributed by atoms with Crippen molar-refractivity contribution in [3.63, 3.8) is 0 Å². The molecule has 2 N–H and O–H groups in total. The summed E-state index contributed by atoms with van der Waals surface area (Å²) in [6.07, 6.45) is 8.34. The van der Waals surface area contributed by atoms with Crippen molar-refractivity contribution in [2.45, 2.75) is 65.2 Å². The first-order valence-electron chi connectivity index (χ1n) is 16.9. The van der Waals surface area contributed by atoms with E-state index in [2.05, 4.69) is 79.2 Å². The summed E-state index contributed by atoms with van der Waals surface area (Å²) in [5.41, 5.74) is 4.73. The van der Waals surface area contributed by atoms with Crippen LogP contribution in [0, 0.1) is 18.8 Å². The summed E-state index contributed by atoms with van der Waals surface area (Å²) in [6, 6.07) is 17.8. The summed E-state index contributed by atoms with van der Waals surface area (Å²) >= 11 is 3.39. The van der Waals surface area contributed by atoms with Crippen LogP contribution in [0.4, 0.5) is 22.2 Å². The van der Waals surface area contributed by atoms with Gasteiger partial charge in [0.1, 0.15) is 5.82 Å². The fraction of sp³-hybridized carbons (Fsp3) is 0.432. The van der Waals surface area contributed by atoms with Gasteiger partial charge in [0.15, 0.2) is 0 Å². The number of nitrogens with zero attached hydrogens (tertiary/aromatic N) is 6. The SMILES string of the molecule is Cc1ccc(-n2nc(C(C)(C)C)cc2NC(=O)Nc2ccc(CC3CCN(C(=O)C4CCCN(c5ncc(Br)cn5)C4)CC3)cc2)cc1. The molecule has 11 heteroatoms. The second-order valence-corrected chi connectivity index (χ2v) is 15.1. The molecule has 3 amide bonds. The van der Waals surface area contributed by atoms with Crippen molar-refractivity contribution < 1.29 is 9.59 Å². The number of rotatable bonds is 7. The van der Waals surface area contributed by atoms with E-state index in [4.69, 9.17) is 5.10 Å². The number of nitrogens with one attached hydrogen (secondary N) is 2. The van der Waals surface area contributed by atoms with Crippen LogP contribution in [0.3, 0.4) is 0 Å². The van der Waals surface area contributed by atoms with Gasteiger partial charge in [0.05, 0.1) is 21.8 Å². The van der Waals surface area contributed by atoms with Crippen LogP contribution in [0.25, 0.3) is 5.69 Å². The van der Waals surface area contributed by atoms with Gasteiger partial charge in [-0.15, -0.1) is 0 Å². The van der Waals surface area contributed by atoms with Gasteiger partial charge in [-0.25, -0.2) is 19.4 Å². The van der Waals surface area contributed by atoms with Crippen molar-refractivity contribution in [2.24, 2.45) is 11.8 Å². The molecule has 0 aliphatic carbocycles. The zero-order valence-electron chi connectivity index (χ0n) is 28.2. The predicted octanol–water partition coefficient (Wildman–Crippen LogP) is 7.37. The number of urea groups is 1. The smallest absolute Gasteiger partial charge is 0.324 e. The minimum absolute atomic E-state index is 0.0107. The number of hydrogen-bond acceptors (Lipinski definition) is 6. The molecule has 4 aromatic rings. The van der Waals surface area contributed by atoms with Crippen molar-refractivity contribution in [2.75, 3.05) is 41.7 Å². The number of benzene rings is 2. The summed E-state index contributed by atoms with van der Waals surface area (Å²) < 4.78 is 2.63. The van der Waals surface area contributed by atoms with Gasteiger partial charge in [0.25, 0.3) is 0 Å². The number of piperidine rings is 2. The topological polar surface area (TPSA) is 108 Å². The average Bonchev–Trinajstić information content (AvgIpc) is 3.51. The molecule has 4 heterocycles. The van der Waals surface area contributed by atoms with Crippen LogP contribution in [0.15, 0.2) is 71.5 Å². The quantitative estimate of drug-likeness (QED) is 0.207. The lowest BCUT2D eigenvalue weighted by molar-refractivity contribution is -0.137. The highest BCUT2D eigenvalue weighted by Crippen LogP contribution is 2.29. The lowest BCUT2D eigenvalue weighted by atomic mass is 9.89. The Morgan fingerprint density at radius 1 is 0.917 bits per heavy atom. The number of hydrogen-bond donors (Lipinski definition) is 2. The highest BCUT2D eigenvalue weighted by Gasteiger charge is 2.32. The number of amides is 3. The molecule has 48 heavy (non-hydrogen) atoms. The zero-order chi connectivity index (χ0) is 33.8. The fourth-order valence-corrected chi connectivity index (χ4v) is 6.71. The van der Waals surface area contributed by atoms with Crippen molar-refractivity contribution in [3.8, 4) is 5.69 Å². The van der Waals surface area contributed by atoms with Gasteiger partial charge in [-0.05, 0) is 90.7 Å². The predicted molar refractivity (Wildman–Crippen MR) is 194 cm³/mol. The van der Waals surface area contributed by atoms with Crippen LogP contribution < -0.4 is 15.5 Å². The lowest BCUT2D eigenvalue weighted by Crippen LogP contribution is -2.47. The number of aromatic nitrogens is 4. The molecular formula is C37H45BrN8O2. The zero-order valence-corrected chi connectivity index (χ0v) is 29.8. The van der Waals surface area contributed by atoms with Crippen LogP contribution in [-0.4, -0.2) is 62.8 Å². The Labute approximate surface area is 291 Å². The summed E-state index contributed by atoms with van der Waals surface area (Å²) in [5.74, 6) is 2.08. The van der Waals surface area contributed by atoms with E-state index >= 15 is 0 Å². The van der Waals surface area contributed by atoms with Crippen LogP contribution >= 0.6 is 15.9 Å². The maximum atomic E-state index is 13.4. The first-order valence-corrected chi connectivity index (χ1v) is 17.7. The molecule has 2 aliphatic heterocycles. The first-order chi connectivity index (χ1) is 23.0. The van der Waals surface area contributed by atoms with Crippen molar-refractivity contribution in [3.05, 3.63) is 88.3 Å². The van der Waals surface area contributed by atoms with Gasteiger partial charge in [0.2, 0.25) is 11.9 Å². The Bertz CT molecular complexity index is 1710. The Hall–Kier alpha value is -4.25. The molecule has 2 aromatic heterocycles. The molecule has 0 radical (unpaired) electrons. The van der Waals surface area contributed by atoms with Crippen LogP contribution in [-0.2, 0) is 16.6 Å². The maximum Gasteiger partial charge on any atom is 0.324 e. The van der Waals surface area contributed by atoms with E-state index in [9.17, 15) is 9.59 Å². The van der Waals surface area contributed by atoms with E-state index < -0.39 is 0 Å². The van der Waals surface area contributed by atoms with E-state index in [1.165, 1.54) is 5.56 Å². The Morgan fingerprint density at radius 2 is 1.60 bits per heavy atom.